The number of nitrogens with zero attached hydrogens (tertiary/aromatic N) is 1. The number of aliphatic hydroxyl groups is 1. The lowest BCUT2D eigenvalue weighted by Gasteiger charge is -2.24. The van der Waals surface area contributed by atoms with Gasteiger partial charge in [-0.1, -0.05) is 48.5 Å². The largest absolute Gasteiger partial charge is 0.381 e. The van der Waals surface area contributed by atoms with Crippen molar-refractivity contribution in [2.75, 3.05) is 0 Å². The van der Waals surface area contributed by atoms with Gasteiger partial charge in [0.05, 0.1) is 5.52 Å². The predicted molar refractivity (Wildman–Crippen MR) is 76.9 cm³/mol. The third kappa shape index (κ3) is 2.11. The van der Waals surface area contributed by atoms with Crippen molar-refractivity contribution in [3.63, 3.8) is 0 Å². The van der Waals surface area contributed by atoms with Gasteiger partial charge in [0.1, 0.15) is 5.60 Å². The molecular formula is C17H15NO. The summed E-state index contributed by atoms with van der Waals surface area (Å²) in [5, 5.41) is 11.8. The maximum absolute atomic E-state index is 10.8. The second-order valence-electron chi connectivity index (χ2n) is 4.85. The van der Waals surface area contributed by atoms with Crippen LogP contribution in [0, 0.1) is 0 Å². The van der Waals surface area contributed by atoms with Crippen LogP contribution < -0.4 is 0 Å². The zero-order valence-electron chi connectivity index (χ0n) is 10.7. The average molecular weight is 249 g/mol. The molecule has 0 aliphatic heterocycles. The summed E-state index contributed by atoms with van der Waals surface area (Å²) in [7, 11) is 0. The highest BCUT2D eigenvalue weighted by molar-refractivity contribution is 5.79. The summed E-state index contributed by atoms with van der Waals surface area (Å²) >= 11 is 0. The molecule has 3 rings (SSSR count). The first-order chi connectivity index (χ1) is 9.18. The zero-order chi connectivity index (χ0) is 13.3. The van der Waals surface area contributed by atoms with Gasteiger partial charge in [-0.2, -0.15) is 0 Å². The number of para-hydroxylation sites is 1. The van der Waals surface area contributed by atoms with E-state index >= 15 is 0 Å². The second kappa shape index (κ2) is 4.48. The summed E-state index contributed by atoms with van der Waals surface area (Å²) in [4.78, 5) is 4.41. The first-order valence-electron chi connectivity index (χ1n) is 6.31. The second-order valence-corrected chi connectivity index (χ2v) is 4.85. The summed E-state index contributed by atoms with van der Waals surface area (Å²) in [6.07, 6.45) is 1.75. The van der Waals surface area contributed by atoms with E-state index in [4.69, 9.17) is 0 Å². The molecule has 2 nitrogen and oxygen atoms in total. The Morgan fingerprint density at radius 2 is 1.58 bits per heavy atom. The van der Waals surface area contributed by atoms with Crippen LogP contribution in [0.3, 0.4) is 0 Å². The predicted octanol–water partition coefficient (Wildman–Crippen LogP) is 3.49. The quantitative estimate of drug-likeness (QED) is 0.754. The Labute approximate surface area is 112 Å². The Hall–Kier alpha value is -2.19. The number of rotatable bonds is 2. The Bertz CT molecular complexity index is 705. The van der Waals surface area contributed by atoms with Crippen LogP contribution in [0.2, 0.25) is 0 Å². The van der Waals surface area contributed by atoms with Crippen molar-refractivity contribution in [3.05, 3.63) is 78.0 Å². The number of hydrogen-bond acceptors (Lipinski definition) is 2. The molecule has 0 aliphatic rings. The molecule has 0 amide bonds. The van der Waals surface area contributed by atoms with Gasteiger partial charge in [-0.05, 0) is 24.6 Å². The molecule has 0 spiro atoms. The van der Waals surface area contributed by atoms with Crippen LogP contribution in [0.1, 0.15) is 18.1 Å². The van der Waals surface area contributed by atoms with Gasteiger partial charge in [-0.3, -0.25) is 4.98 Å². The molecule has 0 aliphatic carbocycles. The van der Waals surface area contributed by atoms with E-state index in [0.29, 0.717) is 0 Å². The molecule has 0 unspecified atom stereocenters. The maximum atomic E-state index is 10.8. The Morgan fingerprint density at radius 1 is 0.895 bits per heavy atom. The van der Waals surface area contributed by atoms with Crippen LogP contribution in [-0.4, -0.2) is 10.1 Å². The fraction of sp³-hybridized carbons (Fsp3) is 0.118. The zero-order valence-corrected chi connectivity index (χ0v) is 10.7. The van der Waals surface area contributed by atoms with Crippen molar-refractivity contribution < 1.29 is 5.11 Å². The summed E-state index contributed by atoms with van der Waals surface area (Å²) in [6, 6.07) is 19.6. The molecule has 2 aromatic carbocycles. The normalized spacial score (nSPS) is 14.2. The highest BCUT2D eigenvalue weighted by atomic mass is 16.3. The van der Waals surface area contributed by atoms with E-state index < -0.39 is 5.60 Å². The van der Waals surface area contributed by atoms with Crippen molar-refractivity contribution in [1.82, 2.24) is 4.98 Å². The molecular weight excluding hydrogens is 234 g/mol. The van der Waals surface area contributed by atoms with Gasteiger partial charge < -0.3 is 5.11 Å². The van der Waals surface area contributed by atoms with Crippen molar-refractivity contribution >= 4 is 10.9 Å². The third-order valence-corrected chi connectivity index (χ3v) is 3.49. The fourth-order valence-electron chi connectivity index (χ4n) is 2.27. The van der Waals surface area contributed by atoms with Crippen LogP contribution in [0.5, 0.6) is 0 Å². The van der Waals surface area contributed by atoms with E-state index in [9.17, 15) is 5.11 Å². The smallest absolute Gasteiger partial charge is 0.113 e. The first-order valence-corrected chi connectivity index (χ1v) is 6.31. The van der Waals surface area contributed by atoms with Crippen LogP contribution in [-0.2, 0) is 5.60 Å². The molecule has 2 heteroatoms. The standard InChI is InChI=1S/C17H15NO/c1-17(19,14-8-3-2-4-9-14)15-11-13-7-5-6-10-16(13)18-12-15/h2-12,19H,1H3/t17-/m0/s1. The van der Waals surface area contributed by atoms with Crippen molar-refractivity contribution in [2.45, 2.75) is 12.5 Å². The monoisotopic (exact) mass is 249 g/mol. The minimum absolute atomic E-state index is 0.803. The lowest BCUT2D eigenvalue weighted by atomic mass is 9.89. The van der Waals surface area contributed by atoms with E-state index in [1.807, 2.05) is 60.7 Å². The van der Waals surface area contributed by atoms with Gasteiger partial charge in [-0.15, -0.1) is 0 Å². The first kappa shape index (κ1) is 11.9. The fourth-order valence-corrected chi connectivity index (χ4v) is 2.27. The average Bonchev–Trinajstić information content (AvgIpc) is 2.47. The van der Waals surface area contributed by atoms with Crippen molar-refractivity contribution in [1.29, 1.82) is 0 Å². The van der Waals surface area contributed by atoms with Gasteiger partial charge in [0.25, 0.3) is 0 Å². The topological polar surface area (TPSA) is 33.1 Å². The molecule has 94 valence electrons. The van der Waals surface area contributed by atoms with Gasteiger partial charge in [0.15, 0.2) is 0 Å². The molecule has 1 atom stereocenters. The van der Waals surface area contributed by atoms with E-state index in [1.54, 1.807) is 13.1 Å². The SMILES string of the molecule is C[C@](O)(c1ccccc1)c1cnc2ccccc2c1. The molecule has 0 radical (unpaired) electrons. The van der Waals surface area contributed by atoms with E-state index in [-0.39, 0.29) is 0 Å². The maximum Gasteiger partial charge on any atom is 0.113 e. The van der Waals surface area contributed by atoms with Crippen molar-refractivity contribution in [3.8, 4) is 0 Å². The molecule has 0 fully saturated rings. The van der Waals surface area contributed by atoms with Crippen LogP contribution >= 0.6 is 0 Å². The van der Waals surface area contributed by atoms with Crippen LogP contribution in [0.15, 0.2) is 66.9 Å². The van der Waals surface area contributed by atoms with Gasteiger partial charge >= 0.3 is 0 Å². The Balaban J connectivity index is 2.13. The minimum Gasteiger partial charge on any atom is -0.381 e. The highest BCUT2D eigenvalue weighted by Gasteiger charge is 2.25. The van der Waals surface area contributed by atoms with Gasteiger partial charge in [0.2, 0.25) is 0 Å². The summed E-state index contributed by atoms with van der Waals surface area (Å²) in [5.74, 6) is 0. The van der Waals surface area contributed by atoms with Crippen molar-refractivity contribution in [2.24, 2.45) is 0 Å². The Kier molecular flexibility index (Phi) is 2.80. The lowest BCUT2D eigenvalue weighted by molar-refractivity contribution is 0.102. The molecule has 1 aromatic heterocycles. The molecule has 1 heterocycles. The third-order valence-electron chi connectivity index (χ3n) is 3.49. The number of benzene rings is 2. The number of hydrogen-bond donors (Lipinski definition) is 1. The van der Waals surface area contributed by atoms with E-state index in [0.717, 1.165) is 22.0 Å². The molecule has 1 N–H and O–H groups in total. The summed E-state index contributed by atoms with van der Waals surface area (Å²) in [5.41, 5.74) is 1.58. The summed E-state index contributed by atoms with van der Waals surface area (Å²) in [6.45, 7) is 1.80. The number of aromatic nitrogens is 1. The molecule has 0 saturated heterocycles. The number of fused-ring (bicyclic) bond motifs is 1. The van der Waals surface area contributed by atoms with Crippen LogP contribution in [0.25, 0.3) is 10.9 Å². The summed E-state index contributed by atoms with van der Waals surface area (Å²) < 4.78 is 0. The van der Waals surface area contributed by atoms with Crippen LogP contribution in [0.4, 0.5) is 0 Å². The molecule has 0 saturated carbocycles. The number of pyridine rings is 1. The van der Waals surface area contributed by atoms with E-state index in [1.165, 1.54) is 0 Å². The van der Waals surface area contributed by atoms with Gasteiger partial charge in [-0.25, -0.2) is 0 Å². The van der Waals surface area contributed by atoms with E-state index in [2.05, 4.69) is 4.98 Å². The van der Waals surface area contributed by atoms with Gasteiger partial charge in [0, 0.05) is 17.1 Å². The Morgan fingerprint density at radius 3 is 2.37 bits per heavy atom. The molecule has 0 bridgehead atoms. The molecule has 19 heavy (non-hydrogen) atoms. The minimum atomic E-state index is -1.03. The highest BCUT2D eigenvalue weighted by Crippen LogP contribution is 2.29. The molecule has 3 aromatic rings. The lowest BCUT2D eigenvalue weighted by Crippen LogP contribution is -2.22.